The minimum absolute atomic E-state index is 0.0535. The summed E-state index contributed by atoms with van der Waals surface area (Å²) < 4.78 is 0.829. The molecule has 0 aliphatic carbocycles. The third-order valence-corrected chi connectivity index (χ3v) is 3.45. The number of aromatic nitrogens is 1. The van der Waals surface area contributed by atoms with E-state index in [9.17, 15) is 4.79 Å². The summed E-state index contributed by atoms with van der Waals surface area (Å²) in [5, 5.41) is 11.8. The fourth-order valence-electron chi connectivity index (χ4n) is 1.67. The van der Waals surface area contributed by atoms with E-state index in [1.54, 1.807) is 18.3 Å². The maximum absolute atomic E-state index is 12.0. The molecule has 0 atom stereocenters. The van der Waals surface area contributed by atoms with Gasteiger partial charge in [0.25, 0.3) is 5.91 Å². The fourth-order valence-corrected chi connectivity index (χ4v) is 2.06. The van der Waals surface area contributed by atoms with E-state index < -0.39 is 5.91 Å². The van der Waals surface area contributed by atoms with Gasteiger partial charge in [0, 0.05) is 10.7 Å². The molecule has 1 N–H and O–H groups in total. The zero-order chi connectivity index (χ0) is 15.1. The molecular formula is C16H12BrN3O. The third-order valence-electron chi connectivity index (χ3n) is 2.73. The van der Waals surface area contributed by atoms with Crippen LogP contribution < -0.4 is 5.32 Å². The molecule has 21 heavy (non-hydrogen) atoms. The van der Waals surface area contributed by atoms with E-state index in [1.807, 2.05) is 42.5 Å². The van der Waals surface area contributed by atoms with Gasteiger partial charge in [0.15, 0.2) is 0 Å². The third kappa shape index (κ3) is 4.26. The number of carbonyl (C=O) groups is 1. The first-order valence-electron chi connectivity index (χ1n) is 6.25. The van der Waals surface area contributed by atoms with Crippen LogP contribution in [0.2, 0.25) is 0 Å². The Balaban J connectivity index is 2.09. The Hall–Kier alpha value is -2.45. The molecule has 0 saturated carbocycles. The van der Waals surface area contributed by atoms with Gasteiger partial charge in [-0.1, -0.05) is 40.2 Å². The standard InChI is InChI=1S/C16H12BrN3O/c17-15-7-2-1-5-12(15)9-13(10-18)16(21)20-11-14-6-3-4-8-19-14/h1-9H,11H2,(H,20,21)/b13-9+. The quantitative estimate of drug-likeness (QED) is 0.686. The van der Waals surface area contributed by atoms with Gasteiger partial charge in [0.2, 0.25) is 0 Å². The average Bonchev–Trinajstić information content (AvgIpc) is 2.53. The number of amides is 1. The van der Waals surface area contributed by atoms with Crippen LogP contribution in [0.15, 0.2) is 58.7 Å². The summed E-state index contributed by atoms with van der Waals surface area (Å²) in [5.41, 5.74) is 1.57. The zero-order valence-corrected chi connectivity index (χ0v) is 12.7. The lowest BCUT2D eigenvalue weighted by atomic mass is 10.1. The molecule has 1 aromatic heterocycles. The summed E-state index contributed by atoms with van der Waals surface area (Å²) >= 11 is 3.38. The molecule has 1 heterocycles. The van der Waals surface area contributed by atoms with E-state index in [-0.39, 0.29) is 12.1 Å². The highest BCUT2D eigenvalue weighted by molar-refractivity contribution is 9.10. The highest BCUT2D eigenvalue weighted by atomic mass is 79.9. The predicted octanol–water partition coefficient (Wildman–Crippen LogP) is 3.07. The molecule has 1 amide bonds. The molecule has 104 valence electrons. The van der Waals surface area contributed by atoms with Crippen LogP contribution >= 0.6 is 15.9 Å². The summed E-state index contributed by atoms with van der Waals surface area (Å²) in [6.45, 7) is 0.286. The maximum Gasteiger partial charge on any atom is 0.262 e. The number of nitriles is 1. The van der Waals surface area contributed by atoms with Gasteiger partial charge in [0.1, 0.15) is 11.6 Å². The Labute approximate surface area is 131 Å². The van der Waals surface area contributed by atoms with E-state index >= 15 is 0 Å². The number of nitrogens with one attached hydrogen (secondary N) is 1. The molecule has 5 heteroatoms. The van der Waals surface area contributed by atoms with Crippen LogP contribution in [0, 0.1) is 11.3 Å². The number of nitrogens with zero attached hydrogens (tertiary/aromatic N) is 2. The van der Waals surface area contributed by atoms with Crippen molar-refractivity contribution in [1.29, 1.82) is 5.26 Å². The Bertz CT molecular complexity index is 705. The van der Waals surface area contributed by atoms with Gasteiger partial charge in [-0.05, 0) is 29.8 Å². The van der Waals surface area contributed by atoms with Crippen LogP contribution in [-0.2, 0) is 11.3 Å². The number of halogens is 1. The minimum Gasteiger partial charge on any atom is -0.346 e. The molecule has 2 aromatic rings. The maximum atomic E-state index is 12.0. The monoisotopic (exact) mass is 341 g/mol. The number of pyridine rings is 1. The molecule has 0 unspecified atom stereocenters. The lowest BCUT2D eigenvalue weighted by Gasteiger charge is -2.04. The van der Waals surface area contributed by atoms with E-state index in [0.29, 0.717) is 0 Å². The largest absolute Gasteiger partial charge is 0.346 e. The normalized spacial score (nSPS) is 10.8. The van der Waals surface area contributed by atoms with E-state index in [4.69, 9.17) is 5.26 Å². The van der Waals surface area contributed by atoms with Crippen molar-refractivity contribution >= 4 is 27.9 Å². The highest BCUT2D eigenvalue weighted by Gasteiger charge is 2.09. The number of hydrogen-bond acceptors (Lipinski definition) is 3. The highest BCUT2D eigenvalue weighted by Crippen LogP contribution is 2.18. The van der Waals surface area contributed by atoms with Crippen LogP contribution in [0.25, 0.3) is 6.08 Å². The van der Waals surface area contributed by atoms with Crippen molar-refractivity contribution < 1.29 is 4.79 Å². The van der Waals surface area contributed by atoms with Gasteiger partial charge in [-0.25, -0.2) is 0 Å². The molecule has 0 fully saturated rings. The minimum atomic E-state index is -0.418. The second-order valence-electron chi connectivity index (χ2n) is 4.20. The van der Waals surface area contributed by atoms with Gasteiger partial charge in [0.05, 0.1) is 12.2 Å². The topological polar surface area (TPSA) is 65.8 Å². The van der Waals surface area contributed by atoms with Crippen LogP contribution in [0.3, 0.4) is 0 Å². The number of carbonyl (C=O) groups excluding carboxylic acids is 1. The van der Waals surface area contributed by atoms with Crippen LogP contribution in [0.5, 0.6) is 0 Å². The molecular weight excluding hydrogens is 330 g/mol. The van der Waals surface area contributed by atoms with E-state index in [2.05, 4.69) is 26.2 Å². The number of hydrogen-bond donors (Lipinski definition) is 1. The molecule has 1 aromatic carbocycles. The van der Waals surface area contributed by atoms with Crippen LogP contribution in [-0.4, -0.2) is 10.9 Å². The summed E-state index contributed by atoms with van der Waals surface area (Å²) in [6.07, 6.45) is 3.21. The number of benzene rings is 1. The van der Waals surface area contributed by atoms with Crippen LogP contribution in [0.4, 0.5) is 0 Å². The van der Waals surface area contributed by atoms with E-state index in [1.165, 1.54) is 0 Å². The second kappa shape index (κ2) is 7.36. The smallest absolute Gasteiger partial charge is 0.262 e. The Morgan fingerprint density at radius 2 is 2.05 bits per heavy atom. The van der Waals surface area contributed by atoms with Crippen molar-refractivity contribution in [2.45, 2.75) is 6.54 Å². The lowest BCUT2D eigenvalue weighted by Crippen LogP contribution is -2.24. The lowest BCUT2D eigenvalue weighted by molar-refractivity contribution is -0.117. The van der Waals surface area contributed by atoms with Gasteiger partial charge < -0.3 is 5.32 Å². The van der Waals surface area contributed by atoms with Gasteiger partial charge >= 0.3 is 0 Å². The van der Waals surface area contributed by atoms with E-state index in [0.717, 1.165) is 15.7 Å². The molecule has 0 spiro atoms. The van der Waals surface area contributed by atoms with Gasteiger partial charge in [-0.2, -0.15) is 5.26 Å². The van der Waals surface area contributed by atoms with Gasteiger partial charge in [-0.15, -0.1) is 0 Å². The Kier molecular flexibility index (Phi) is 5.24. The second-order valence-corrected chi connectivity index (χ2v) is 5.05. The van der Waals surface area contributed by atoms with Crippen LogP contribution in [0.1, 0.15) is 11.3 Å². The van der Waals surface area contributed by atoms with Crippen molar-refractivity contribution in [3.63, 3.8) is 0 Å². The average molecular weight is 342 g/mol. The van der Waals surface area contributed by atoms with Crippen molar-refractivity contribution in [3.8, 4) is 6.07 Å². The summed E-state index contributed by atoms with van der Waals surface area (Å²) in [5.74, 6) is -0.418. The zero-order valence-electron chi connectivity index (χ0n) is 11.1. The Morgan fingerprint density at radius 1 is 1.29 bits per heavy atom. The molecule has 0 radical (unpaired) electrons. The first-order valence-corrected chi connectivity index (χ1v) is 7.04. The van der Waals surface area contributed by atoms with Crippen molar-refractivity contribution in [3.05, 3.63) is 70.0 Å². The summed E-state index contributed by atoms with van der Waals surface area (Å²) in [6, 6.07) is 14.8. The summed E-state index contributed by atoms with van der Waals surface area (Å²) in [7, 11) is 0. The van der Waals surface area contributed by atoms with Crippen molar-refractivity contribution in [2.24, 2.45) is 0 Å². The fraction of sp³-hybridized carbons (Fsp3) is 0.0625. The van der Waals surface area contributed by atoms with Crippen molar-refractivity contribution in [1.82, 2.24) is 10.3 Å². The Morgan fingerprint density at radius 3 is 2.71 bits per heavy atom. The predicted molar refractivity (Wildman–Crippen MR) is 83.8 cm³/mol. The molecule has 2 rings (SSSR count). The SMILES string of the molecule is N#C/C(=C\c1ccccc1Br)C(=O)NCc1ccccn1. The first kappa shape index (κ1) is 14.9. The number of rotatable bonds is 4. The molecule has 0 aliphatic rings. The molecule has 0 aliphatic heterocycles. The molecule has 4 nitrogen and oxygen atoms in total. The molecule has 0 saturated heterocycles. The first-order chi connectivity index (χ1) is 10.2. The van der Waals surface area contributed by atoms with Gasteiger partial charge in [-0.3, -0.25) is 9.78 Å². The summed E-state index contributed by atoms with van der Waals surface area (Å²) in [4.78, 5) is 16.1. The molecule has 0 bridgehead atoms. The van der Waals surface area contributed by atoms with Crippen molar-refractivity contribution in [2.75, 3.05) is 0 Å².